The lowest BCUT2D eigenvalue weighted by Crippen LogP contribution is -2.22. The van der Waals surface area contributed by atoms with Crippen LogP contribution in [0.5, 0.6) is 0 Å². The molecule has 0 radical (unpaired) electrons. The van der Waals surface area contributed by atoms with Gasteiger partial charge in [-0.1, -0.05) is 6.92 Å². The number of rotatable bonds is 5. The normalized spacial score (nSPS) is 12.6. The molecule has 96 valence electrons. The van der Waals surface area contributed by atoms with Crippen molar-refractivity contribution in [2.45, 2.75) is 13.3 Å². The molecule has 2 rings (SSSR count). The smallest absolute Gasteiger partial charge is 0.306 e. The number of oxazole rings is 1. The van der Waals surface area contributed by atoms with E-state index in [1.807, 2.05) is 30.1 Å². The molecule has 18 heavy (non-hydrogen) atoms. The van der Waals surface area contributed by atoms with Gasteiger partial charge in [-0.25, -0.2) is 4.98 Å². The van der Waals surface area contributed by atoms with Crippen LogP contribution < -0.4 is 4.90 Å². The van der Waals surface area contributed by atoms with Gasteiger partial charge in [-0.2, -0.15) is 0 Å². The molecule has 1 N–H and O–H groups in total. The van der Waals surface area contributed by atoms with E-state index >= 15 is 0 Å². The first kappa shape index (κ1) is 12.4. The maximum absolute atomic E-state index is 10.7. The molecule has 0 bridgehead atoms. The molecule has 2 aromatic rings. The molecule has 0 fully saturated rings. The van der Waals surface area contributed by atoms with Crippen LogP contribution in [0.3, 0.4) is 0 Å². The molecule has 0 aliphatic carbocycles. The fraction of sp³-hybridized carbons (Fsp3) is 0.385. The molecule has 0 aliphatic rings. The Hall–Kier alpha value is -2.04. The Kier molecular flexibility index (Phi) is 3.50. The number of hydrogen-bond donors (Lipinski definition) is 1. The Labute approximate surface area is 105 Å². The third-order valence-electron chi connectivity index (χ3n) is 3.07. The van der Waals surface area contributed by atoms with Crippen molar-refractivity contribution >= 4 is 22.8 Å². The monoisotopic (exact) mass is 248 g/mol. The van der Waals surface area contributed by atoms with Crippen LogP contribution >= 0.6 is 0 Å². The zero-order chi connectivity index (χ0) is 13.1. The maximum atomic E-state index is 10.7. The molecule has 1 aromatic heterocycles. The van der Waals surface area contributed by atoms with E-state index in [9.17, 15) is 4.79 Å². The number of carboxylic acid groups (broad SMARTS) is 1. The lowest BCUT2D eigenvalue weighted by molar-refractivity contribution is -0.141. The van der Waals surface area contributed by atoms with Crippen molar-refractivity contribution in [3.63, 3.8) is 0 Å². The SMILES string of the molecule is CC(CCN(C)c1ccc2ncoc2c1)C(=O)O. The standard InChI is InChI=1S/C13H16N2O3/c1-9(13(16)17)5-6-15(2)10-3-4-11-12(7-10)18-8-14-11/h3-4,7-9H,5-6H2,1-2H3,(H,16,17). The van der Waals surface area contributed by atoms with Crippen LogP contribution in [0.1, 0.15) is 13.3 Å². The van der Waals surface area contributed by atoms with Gasteiger partial charge in [-0.15, -0.1) is 0 Å². The third-order valence-corrected chi connectivity index (χ3v) is 3.07. The number of carboxylic acids is 1. The summed E-state index contributed by atoms with van der Waals surface area (Å²) >= 11 is 0. The summed E-state index contributed by atoms with van der Waals surface area (Å²) in [6.07, 6.45) is 2.03. The van der Waals surface area contributed by atoms with Crippen LogP contribution in [0.2, 0.25) is 0 Å². The number of anilines is 1. The van der Waals surface area contributed by atoms with E-state index in [1.165, 1.54) is 6.39 Å². The van der Waals surface area contributed by atoms with Crippen LogP contribution in [0.15, 0.2) is 29.0 Å². The molecular weight excluding hydrogens is 232 g/mol. The van der Waals surface area contributed by atoms with E-state index in [0.717, 1.165) is 16.8 Å². The molecule has 1 unspecified atom stereocenters. The molecule has 1 aromatic carbocycles. The van der Waals surface area contributed by atoms with Gasteiger partial charge in [0.15, 0.2) is 12.0 Å². The van der Waals surface area contributed by atoms with Gasteiger partial charge >= 0.3 is 5.97 Å². The first-order valence-corrected chi connectivity index (χ1v) is 5.85. The minimum atomic E-state index is -0.755. The van der Waals surface area contributed by atoms with Crippen LogP contribution in [-0.4, -0.2) is 29.7 Å². The van der Waals surface area contributed by atoms with Gasteiger partial charge in [0.2, 0.25) is 0 Å². The summed E-state index contributed by atoms with van der Waals surface area (Å²) in [5.41, 5.74) is 2.56. The molecule has 0 aliphatic heterocycles. The Bertz CT molecular complexity index is 550. The largest absolute Gasteiger partial charge is 0.481 e. The van der Waals surface area contributed by atoms with Crippen molar-refractivity contribution in [1.29, 1.82) is 0 Å². The Morgan fingerprint density at radius 2 is 2.33 bits per heavy atom. The summed E-state index contributed by atoms with van der Waals surface area (Å²) in [6.45, 7) is 2.41. The molecule has 5 heteroatoms. The van der Waals surface area contributed by atoms with E-state index in [1.54, 1.807) is 6.92 Å². The predicted octanol–water partition coefficient (Wildman–Crippen LogP) is 2.37. The molecule has 0 saturated heterocycles. The van der Waals surface area contributed by atoms with Gasteiger partial charge in [0.05, 0.1) is 5.92 Å². The molecule has 5 nitrogen and oxygen atoms in total. The van der Waals surface area contributed by atoms with Gasteiger partial charge in [0.1, 0.15) is 5.52 Å². The van der Waals surface area contributed by atoms with Crippen LogP contribution in [-0.2, 0) is 4.79 Å². The minimum absolute atomic E-state index is 0.332. The summed E-state index contributed by atoms with van der Waals surface area (Å²) in [5, 5.41) is 8.84. The first-order valence-electron chi connectivity index (χ1n) is 5.85. The minimum Gasteiger partial charge on any atom is -0.481 e. The van der Waals surface area contributed by atoms with Crippen LogP contribution in [0.25, 0.3) is 11.1 Å². The highest BCUT2D eigenvalue weighted by atomic mass is 16.4. The molecule has 0 amide bonds. The highest BCUT2D eigenvalue weighted by molar-refractivity contribution is 5.77. The number of nitrogens with zero attached hydrogens (tertiary/aromatic N) is 2. The fourth-order valence-corrected chi connectivity index (χ4v) is 1.72. The zero-order valence-corrected chi connectivity index (χ0v) is 10.5. The number of benzene rings is 1. The zero-order valence-electron chi connectivity index (χ0n) is 10.5. The van der Waals surface area contributed by atoms with E-state index in [2.05, 4.69) is 4.98 Å². The summed E-state index contributed by atoms with van der Waals surface area (Å²) < 4.78 is 5.24. The molecule has 0 saturated carbocycles. The highest BCUT2D eigenvalue weighted by Gasteiger charge is 2.12. The second kappa shape index (κ2) is 5.08. The number of aromatic nitrogens is 1. The van der Waals surface area contributed by atoms with Gasteiger partial charge in [0, 0.05) is 25.3 Å². The summed E-state index contributed by atoms with van der Waals surface area (Å²) in [5.74, 6) is -1.09. The van der Waals surface area contributed by atoms with Crippen molar-refractivity contribution in [1.82, 2.24) is 4.98 Å². The second-order valence-electron chi connectivity index (χ2n) is 4.45. The average Bonchev–Trinajstić information content (AvgIpc) is 2.82. The predicted molar refractivity (Wildman–Crippen MR) is 68.7 cm³/mol. The molecule has 0 spiro atoms. The number of carbonyl (C=O) groups is 1. The van der Waals surface area contributed by atoms with Gasteiger partial charge in [-0.05, 0) is 18.6 Å². The quantitative estimate of drug-likeness (QED) is 0.879. The van der Waals surface area contributed by atoms with Crippen molar-refractivity contribution < 1.29 is 14.3 Å². The third kappa shape index (κ3) is 2.61. The van der Waals surface area contributed by atoms with E-state index in [0.29, 0.717) is 13.0 Å². The highest BCUT2D eigenvalue weighted by Crippen LogP contribution is 2.21. The Balaban J connectivity index is 2.03. The molecular formula is C13H16N2O3. The van der Waals surface area contributed by atoms with Crippen molar-refractivity contribution in [2.75, 3.05) is 18.5 Å². The van der Waals surface area contributed by atoms with Crippen molar-refractivity contribution in [2.24, 2.45) is 5.92 Å². The van der Waals surface area contributed by atoms with Gasteiger partial charge in [0.25, 0.3) is 0 Å². The fourth-order valence-electron chi connectivity index (χ4n) is 1.72. The second-order valence-corrected chi connectivity index (χ2v) is 4.45. The summed E-state index contributed by atoms with van der Waals surface area (Å²) in [7, 11) is 1.94. The Morgan fingerprint density at radius 3 is 3.06 bits per heavy atom. The molecule has 1 heterocycles. The summed E-state index contributed by atoms with van der Waals surface area (Å²) in [4.78, 5) is 16.8. The van der Waals surface area contributed by atoms with Gasteiger partial charge < -0.3 is 14.4 Å². The molecule has 1 atom stereocenters. The van der Waals surface area contributed by atoms with Gasteiger partial charge in [-0.3, -0.25) is 4.79 Å². The Morgan fingerprint density at radius 1 is 1.56 bits per heavy atom. The van der Waals surface area contributed by atoms with Crippen molar-refractivity contribution in [3.8, 4) is 0 Å². The topological polar surface area (TPSA) is 66.6 Å². The lowest BCUT2D eigenvalue weighted by Gasteiger charge is -2.20. The van der Waals surface area contributed by atoms with E-state index in [4.69, 9.17) is 9.52 Å². The maximum Gasteiger partial charge on any atom is 0.306 e. The number of fused-ring (bicyclic) bond motifs is 1. The van der Waals surface area contributed by atoms with E-state index < -0.39 is 5.97 Å². The number of hydrogen-bond acceptors (Lipinski definition) is 4. The van der Waals surface area contributed by atoms with Crippen molar-refractivity contribution in [3.05, 3.63) is 24.6 Å². The number of aliphatic carboxylic acids is 1. The van der Waals surface area contributed by atoms with Crippen LogP contribution in [0.4, 0.5) is 5.69 Å². The van der Waals surface area contributed by atoms with Crippen LogP contribution in [0, 0.1) is 5.92 Å². The lowest BCUT2D eigenvalue weighted by atomic mass is 10.1. The first-order chi connectivity index (χ1) is 8.58. The average molecular weight is 248 g/mol. The summed E-state index contributed by atoms with van der Waals surface area (Å²) in [6, 6.07) is 5.76. The van der Waals surface area contributed by atoms with E-state index in [-0.39, 0.29) is 5.92 Å².